The van der Waals surface area contributed by atoms with E-state index in [4.69, 9.17) is 4.74 Å². The lowest BCUT2D eigenvalue weighted by Crippen LogP contribution is -2.36. The fourth-order valence-corrected chi connectivity index (χ4v) is 13.1. The lowest BCUT2D eigenvalue weighted by Gasteiger charge is -2.45. The van der Waals surface area contributed by atoms with Gasteiger partial charge in [0.05, 0.1) is 27.8 Å². The van der Waals surface area contributed by atoms with Gasteiger partial charge < -0.3 is 14.2 Å². The van der Waals surface area contributed by atoms with Crippen molar-refractivity contribution in [1.29, 1.82) is 0 Å². The molecule has 1 aliphatic carbocycles. The zero-order valence-corrected chi connectivity index (χ0v) is 37.0. The zero-order chi connectivity index (χ0) is 43.8. The molecule has 3 nitrogen and oxygen atoms in total. The molecule has 0 amide bonds. The molecule has 3 heterocycles. The fourth-order valence-electron chi connectivity index (χ4n) is 11.9. The number of rotatable bonds is 4. The minimum absolute atomic E-state index is 0.678. The van der Waals surface area contributed by atoms with Crippen molar-refractivity contribution in [3.63, 3.8) is 0 Å². The summed E-state index contributed by atoms with van der Waals surface area (Å²) in [6.07, 6.45) is 0. The molecular weight excluding hydrogens is 833 g/mol. The van der Waals surface area contributed by atoms with E-state index in [0.717, 1.165) is 45.2 Å². The van der Waals surface area contributed by atoms with Crippen LogP contribution >= 0.6 is 11.3 Å². The Labute approximate surface area is 390 Å². The second kappa shape index (κ2) is 13.8. The molecule has 1 spiro atoms. The quantitative estimate of drug-likeness (QED) is 0.175. The van der Waals surface area contributed by atoms with Gasteiger partial charge in [-0.25, -0.2) is 0 Å². The number of anilines is 3. The number of ether oxygens (including phenoxy) is 1. The monoisotopic (exact) mass is 870 g/mol. The van der Waals surface area contributed by atoms with Crippen LogP contribution in [0.1, 0.15) is 22.3 Å². The summed E-state index contributed by atoms with van der Waals surface area (Å²) in [6.45, 7) is 0. The van der Waals surface area contributed by atoms with Crippen molar-refractivity contribution in [2.75, 3.05) is 4.90 Å². The maximum absolute atomic E-state index is 6.83. The van der Waals surface area contributed by atoms with E-state index in [1.807, 2.05) is 11.3 Å². The molecule has 13 aromatic rings. The predicted octanol–water partition coefficient (Wildman–Crippen LogP) is 17.4. The molecule has 312 valence electrons. The molecule has 4 heteroatoms. The van der Waals surface area contributed by atoms with Crippen molar-refractivity contribution in [3.05, 3.63) is 253 Å². The summed E-state index contributed by atoms with van der Waals surface area (Å²) in [5.74, 6) is 1.76. The molecule has 0 unspecified atom stereocenters. The summed E-state index contributed by atoms with van der Waals surface area (Å²) in [5, 5.41) is 9.92. The Morgan fingerprint density at radius 1 is 0.388 bits per heavy atom. The first-order valence-corrected chi connectivity index (χ1v) is 23.8. The van der Waals surface area contributed by atoms with E-state index < -0.39 is 5.41 Å². The van der Waals surface area contributed by atoms with Crippen molar-refractivity contribution in [3.8, 4) is 28.3 Å². The Morgan fingerprint density at radius 2 is 1.00 bits per heavy atom. The third kappa shape index (κ3) is 5.00. The Kier molecular flexibility index (Phi) is 7.58. The van der Waals surface area contributed by atoms with Crippen LogP contribution in [0.15, 0.2) is 231 Å². The summed E-state index contributed by atoms with van der Waals surface area (Å²) in [4.78, 5) is 2.53. The summed E-state index contributed by atoms with van der Waals surface area (Å²) in [5.41, 5.74) is 13.4. The number of benzene rings is 11. The number of para-hydroxylation sites is 3. The van der Waals surface area contributed by atoms with Crippen LogP contribution in [0.5, 0.6) is 11.5 Å². The molecule has 0 saturated carbocycles. The number of thiophene rings is 1. The van der Waals surface area contributed by atoms with Crippen LogP contribution < -0.4 is 9.64 Å². The van der Waals surface area contributed by atoms with Gasteiger partial charge in [0.15, 0.2) is 0 Å². The van der Waals surface area contributed by atoms with Crippen LogP contribution in [-0.2, 0) is 5.41 Å². The lowest BCUT2D eigenvalue weighted by atomic mass is 9.58. The highest BCUT2D eigenvalue weighted by atomic mass is 32.1. The van der Waals surface area contributed by atoms with Crippen molar-refractivity contribution in [2.24, 2.45) is 0 Å². The molecule has 0 atom stereocenters. The molecule has 15 rings (SSSR count). The van der Waals surface area contributed by atoms with Gasteiger partial charge in [-0.15, -0.1) is 11.3 Å². The minimum atomic E-state index is -0.678. The van der Waals surface area contributed by atoms with Crippen LogP contribution in [0.3, 0.4) is 0 Å². The number of hydrogen-bond donors (Lipinski definition) is 0. The normalized spacial score (nSPS) is 13.3. The summed E-state index contributed by atoms with van der Waals surface area (Å²) < 4.78 is 11.8. The van der Waals surface area contributed by atoms with Crippen molar-refractivity contribution >= 4 is 91.9 Å². The van der Waals surface area contributed by atoms with Crippen molar-refractivity contribution in [2.45, 2.75) is 5.41 Å². The average molecular weight is 871 g/mol. The van der Waals surface area contributed by atoms with Gasteiger partial charge in [-0.3, -0.25) is 0 Å². The summed E-state index contributed by atoms with van der Waals surface area (Å²) in [6, 6.07) is 85.3. The molecule has 2 aromatic heterocycles. The molecule has 0 bridgehead atoms. The third-order valence-corrected chi connectivity index (χ3v) is 15.7. The lowest BCUT2D eigenvalue weighted by molar-refractivity contribution is 0.435. The number of hydrogen-bond acceptors (Lipinski definition) is 3. The van der Waals surface area contributed by atoms with Gasteiger partial charge in [-0.2, -0.15) is 0 Å². The number of nitrogens with zero attached hydrogens (tertiary/aromatic N) is 2. The van der Waals surface area contributed by atoms with Crippen LogP contribution in [0.25, 0.3) is 80.3 Å². The maximum Gasteiger partial charge on any atom is 0.132 e. The van der Waals surface area contributed by atoms with Gasteiger partial charge in [-0.1, -0.05) is 164 Å². The van der Waals surface area contributed by atoms with E-state index >= 15 is 0 Å². The average Bonchev–Trinajstić information content (AvgIpc) is 3.93. The first-order valence-electron chi connectivity index (χ1n) is 23.0. The van der Waals surface area contributed by atoms with Crippen molar-refractivity contribution in [1.82, 2.24) is 4.57 Å². The molecule has 1 aliphatic heterocycles. The smallest absolute Gasteiger partial charge is 0.132 e. The number of aromatic nitrogens is 1. The van der Waals surface area contributed by atoms with Gasteiger partial charge in [0.25, 0.3) is 0 Å². The SMILES string of the molecule is c1ccc2c(c1)Oc1ccccc1C21c2cc(N(c3ccc4c5ccccc5n(-c5cccc6ccccc56)c4c3)c3cccc4sc5ccccc5c34)ccc2-c2cccc3cccc1c23. The molecule has 0 N–H and O–H groups in total. The first kappa shape index (κ1) is 36.9. The highest BCUT2D eigenvalue weighted by molar-refractivity contribution is 7.26. The van der Waals surface area contributed by atoms with Crippen molar-refractivity contribution < 1.29 is 4.74 Å². The van der Waals surface area contributed by atoms with Crippen LogP contribution in [-0.4, -0.2) is 4.57 Å². The first-order chi connectivity index (χ1) is 33.2. The van der Waals surface area contributed by atoms with E-state index in [2.05, 4.69) is 240 Å². The summed E-state index contributed by atoms with van der Waals surface area (Å²) in [7, 11) is 0. The Balaban J connectivity index is 1.07. The van der Waals surface area contributed by atoms with Crippen LogP contribution in [0, 0.1) is 0 Å². The Bertz CT molecular complexity index is 4180. The highest BCUT2D eigenvalue weighted by Crippen LogP contribution is 2.62. The summed E-state index contributed by atoms with van der Waals surface area (Å²) >= 11 is 1.86. The minimum Gasteiger partial charge on any atom is -0.457 e. The molecule has 0 radical (unpaired) electrons. The van der Waals surface area contributed by atoms with E-state index in [1.165, 1.54) is 85.9 Å². The molecule has 0 saturated heterocycles. The molecule has 0 fully saturated rings. The van der Waals surface area contributed by atoms with E-state index in [1.54, 1.807) is 0 Å². The standard InChI is InChI=1S/C63H38N2OS/c1-2-19-43-39(15-1)16-13-27-53(43)65-54-26-7-3-20-45(54)46-36-34-42(38-56(46)65)64(55-28-14-32-60-62(55)48-21-4-10-31-59(48)67-60)41-33-35-44-47-22-11-17-40-18-12-25-51(61(40)47)63(52(44)37-41)49-23-5-8-29-57(49)66-58-30-9-6-24-50(58)63/h1-38H. The zero-order valence-electron chi connectivity index (χ0n) is 36.2. The third-order valence-electron chi connectivity index (χ3n) is 14.6. The Hall–Kier alpha value is -8.44. The van der Waals surface area contributed by atoms with Crippen LogP contribution in [0.2, 0.25) is 0 Å². The fraction of sp³-hybridized carbons (Fsp3) is 0.0159. The molecule has 2 aliphatic rings. The highest BCUT2D eigenvalue weighted by Gasteiger charge is 2.49. The molecule has 11 aromatic carbocycles. The van der Waals surface area contributed by atoms with Gasteiger partial charge in [-0.05, 0) is 105 Å². The van der Waals surface area contributed by atoms with Gasteiger partial charge in [0, 0.05) is 58.8 Å². The van der Waals surface area contributed by atoms with Gasteiger partial charge in [0.2, 0.25) is 0 Å². The largest absolute Gasteiger partial charge is 0.457 e. The van der Waals surface area contributed by atoms with E-state index in [9.17, 15) is 0 Å². The number of fused-ring (bicyclic) bond motifs is 15. The molecule has 67 heavy (non-hydrogen) atoms. The van der Waals surface area contributed by atoms with Gasteiger partial charge in [0.1, 0.15) is 11.5 Å². The Morgan fingerprint density at radius 3 is 1.87 bits per heavy atom. The topological polar surface area (TPSA) is 17.4 Å². The molecular formula is C63H38N2OS. The van der Waals surface area contributed by atoms with Crippen LogP contribution in [0.4, 0.5) is 17.1 Å². The predicted molar refractivity (Wildman–Crippen MR) is 281 cm³/mol. The van der Waals surface area contributed by atoms with Gasteiger partial charge >= 0.3 is 0 Å². The maximum atomic E-state index is 6.83. The van der Waals surface area contributed by atoms with E-state index in [0.29, 0.717) is 0 Å². The van der Waals surface area contributed by atoms with E-state index in [-0.39, 0.29) is 0 Å². The second-order valence-corrected chi connectivity index (χ2v) is 19.0. The second-order valence-electron chi connectivity index (χ2n) is 17.9.